The predicted molar refractivity (Wildman–Crippen MR) is 99.9 cm³/mol. The first-order valence-corrected chi connectivity index (χ1v) is 9.29. The lowest BCUT2D eigenvalue weighted by molar-refractivity contribution is -0.137. The quantitative estimate of drug-likeness (QED) is 0.532. The van der Waals surface area contributed by atoms with Crippen LogP contribution in [0.1, 0.15) is 29.8 Å². The van der Waals surface area contributed by atoms with Crippen LogP contribution in [0, 0.1) is 5.92 Å². The number of rotatable bonds is 6. The Labute approximate surface area is 166 Å². The number of nitrogens with two attached hydrogens (primary N) is 1. The van der Waals surface area contributed by atoms with Gasteiger partial charge in [-0.25, -0.2) is 9.78 Å². The lowest BCUT2D eigenvalue weighted by Crippen LogP contribution is -2.37. The van der Waals surface area contributed by atoms with E-state index in [0.717, 1.165) is 16.3 Å². The molecule has 7 nitrogen and oxygen atoms in total. The lowest BCUT2D eigenvalue weighted by Gasteiger charge is -2.14. The molecule has 0 aliphatic rings. The van der Waals surface area contributed by atoms with Crippen molar-refractivity contribution >= 4 is 35.0 Å². The van der Waals surface area contributed by atoms with Gasteiger partial charge in [0.25, 0.3) is 5.56 Å². The zero-order valence-corrected chi connectivity index (χ0v) is 16.3. The maximum Gasteiger partial charge on any atom is 0.417 e. The zero-order chi connectivity index (χ0) is 21.2. The highest BCUT2D eigenvalue weighted by Crippen LogP contribution is 2.33. The van der Waals surface area contributed by atoms with Gasteiger partial charge in [0, 0.05) is 12.7 Å². The topological polar surface area (TPSA) is 111 Å². The molecule has 0 aliphatic carbocycles. The van der Waals surface area contributed by atoms with E-state index in [2.05, 4.69) is 4.98 Å². The number of pyridine rings is 1. The van der Waals surface area contributed by atoms with Gasteiger partial charge in [0.15, 0.2) is 5.78 Å². The summed E-state index contributed by atoms with van der Waals surface area (Å²) in [6.45, 7) is 3.85. The summed E-state index contributed by atoms with van der Waals surface area (Å²) < 4.78 is 39.0. The molecule has 0 amide bonds. The van der Waals surface area contributed by atoms with Crippen LogP contribution in [0.3, 0.4) is 0 Å². The van der Waals surface area contributed by atoms with Gasteiger partial charge in [0.2, 0.25) is 0 Å². The number of carbonyl (C=O) groups is 1. The maximum atomic E-state index is 12.6. The largest absolute Gasteiger partial charge is 0.417 e. The van der Waals surface area contributed by atoms with Crippen LogP contribution >= 0.6 is 23.4 Å². The van der Waals surface area contributed by atoms with E-state index >= 15 is 0 Å². The molecule has 2 rings (SSSR count). The minimum Gasteiger partial charge on any atom is -0.384 e. The molecule has 0 fully saturated rings. The molecule has 0 bridgehead atoms. The minimum atomic E-state index is -4.60. The summed E-state index contributed by atoms with van der Waals surface area (Å²) in [5.74, 6) is -1.30. The number of aromatic amines is 1. The first-order chi connectivity index (χ1) is 12.9. The van der Waals surface area contributed by atoms with Crippen LogP contribution in [0.5, 0.6) is 0 Å². The number of H-pyrrole nitrogens is 1. The van der Waals surface area contributed by atoms with Crippen molar-refractivity contribution in [3.05, 3.63) is 49.3 Å². The number of hydrogen-bond donors (Lipinski definition) is 2. The van der Waals surface area contributed by atoms with Crippen molar-refractivity contribution in [3.8, 4) is 0 Å². The van der Waals surface area contributed by atoms with E-state index in [-0.39, 0.29) is 34.1 Å². The Hall–Kier alpha value is -2.27. The van der Waals surface area contributed by atoms with Gasteiger partial charge in [-0.2, -0.15) is 13.2 Å². The molecule has 12 heteroatoms. The molecule has 0 spiro atoms. The maximum absolute atomic E-state index is 12.6. The number of halogens is 4. The Morgan fingerprint density at radius 2 is 2.04 bits per heavy atom. The Bertz CT molecular complexity index is 1020. The van der Waals surface area contributed by atoms with E-state index in [1.54, 1.807) is 0 Å². The molecule has 0 saturated carbocycles. The third-order valence-corrected chi connectivity index (χ3v) is 4.95. The van der Waals surface area contributed by atoms with Crippen molar-refractivity contribution in [2.45, 2.75) is 31.6 Å². The molecule has 0 unspecified atom stereocenters. The fourth-order valence-electron chi connectivity index (χ4n) is 2.30. The molecular weight excluding hydrogens is 421 g/mol. The van der Waals surface area contributed by atoms with Gasteiger partial charge in [0.1, 0.15) is 16.4 Å². The number of nitrogen functional groups attached to an aromatic ring is 1. The summed E-state index contributed by atoms with van der Waals surface area (Å²) in [4.78, 5) is 42.0. The van der Waals surface area contributed by atoms with Crippen LogP contribution < -0.4 is 17.0 Å². The van der Waals surface area contributed by atoms with Crippen molar-refractivity contribution < 1.29 is 18.0 Å². The van der Waals surface area contributed by atoms with Crippen LogP contribution in [-0.4, -0.2) is 26.1 Å². The second-order valence-corrected chi connectivity index (χ2v) is 7.62. The molecule has 2 aromatic heterocycles. The Balaban J connectivity index is 2.27. The van der Waals surface area contributed by atoms with E-state index < -0.39 is 34.3 Å². The summed E-state index contributed by atoms with van der Waals surface area (Å²) in [5.41, 5.74) is 2.78. The third kappa shape index (κ3) is 4.96. The molecule has 0 aliphatic heterocycles. The fourth-order valence-corrected chi connectivity index (χ4v) is 3.36. The van der Waals surface area contributed by atoms with Gasteiger partial charge < -0.3 is 5.73 Å². The van der Waals surface area contributed by atoms with E-state index in [1.807, 2.05) is 18.8 Å². The number of anilines is 1. The standard InChI is InChI=1S/C16H16ClF3N4O3S/c1-7(2)5-24-12(21)11(13(26)23-15(24)27)10(25)6-28-14-9(17)3-8(4-22-14)16(18,19)20/h3-4,7H,5-6,21H2,1-2H3,(H,23,26,27). The summed E-state index contributed by atoms with van der Waals surface area (Å²) >= 11 is 6.55. The Morgan fingerprint density at radius 3 is 2.57 bits per heavy atom. The number of aromatic nitrogens is 3. The molecule has 0 radical (unpaired) electrons. The number of thioether (sulfide) groups is 1. The smallest absolute Gasteiger partial charge is 0.384 e. The molecule has 3 N–H and O–H groups in total. The summed E-state index contributed by atoms with van der Waals surface area (Å²) in [6.07, 6.45) is -4.00. The van der Waals surface area contributed by atoms with E-state index in [4.69, 9.17) is 17.3 Å². The van der Waals surface area contributed by atoms with Crippen LogP contribution in [0.4, 0.5) is 19.0 Å². The minimum absolute atomic E-state index is 0.00600. The van der Waals surface area contributed by atoms with Crippen LogP contribution in [0.15, 0.2) is 26.9 Å². The van der Waals surface area contributed by atoms with Crippen LogP contribution in [0.2, 0.25) is 5.02 Å². The Kier molecular flexibility index (Phi) is 6.60. The van der Waals surface area contributed by atoms with Crippen LogP contribution in [0.25, 0.3) is 0 Å². The van der Waals surface area contributed by atoms with Crippen LogP contribution in [-0.2, 0) is 12.7 Å². The zero-order valence-electron chi connectivity index (χ0n) is 14.8. The van der Waals surface area contributed by atoms with E-state index in [0.29, 0.717) is 12.3 Å². The van der Waals surface area contributed by atoms with Gasteiger partial charge in [-0.1, -0.05) is 37.2 Å². The van der Waals surface area contributed by atoms with Crippen molar-refractivity contribution in [3.63, 3.8) is 0 Å². The molecule has 152 valence electrons. The fraction of sp³-hybridized carbons (Fsp3) is 0.375. The monoisotopic (exact) mass is 436 g/mol. The molecule has 2 aromatic rings. The molecular formula is C16H16ClF3N4O3S. The number of Topliss-reactive ketones (excluding diaryl/α,β-unsaturated/α-hetero) is 1. The number of alkyl halides is 3. The van der Waals surface area contributed by atoms with E-state index in [1.165, 1.54) is 0 Å². The number of nitrogens with zero attached hydrogens (tertiary/aromatic N) is 2. The summed E-state index contributed by atoms with van der Waals surface area (Å²) in [6, 6.07) is 0.700. The SMILES string of the molecule is CC(C)Cn1c(N)c(C(=O)CSc2ncc(C(F)(F)F)cc2Cl)c(=O)[nH]c1=O. The van der Waals surface area contributed by atoms with Crippen molar-refractivity contribution in [1.29, 1.82) is 0 Å². The first kappa shape index (κ1) is 22.0. The normalized spacial score (nSPS) is 11.8. The van der Waals surface area contributed by atoms with Crippen molar-refractivity contribution in [2.24, 2.45) is 5.92 Å². The number of nitrogens with one attached hydrogen (secondary N) is 1. The average Bonchev–Trinajstić information content (AvgIpc) is 2.56. The van der Waals surface area contributed by atoms with Crippen molar-refractivity contribution in [1.82, 2.24) is 14.5 Å². The predicted octanol–water partition coefficient (Wildman–Crippen LogP) is 2.82. The van der Waals surface area contributed by atoms with Gasteiger partial charge in [0.05, 0.1) is 16.3 Å². The summed E-state index contributed by atoms with van der Waals surface area (Å²) in [5, 5.41) is -0.284. The summed E-state index contributed by atoms with van der Waals surface area (Å²) in [7, 11) is 0. The van der Waals surface area contributed by atoms with Gasteiger partial charge in [-0.3, -0.25) is 19.1 Å². The number of ketones is 1. The molecule has 0 atom stereocenters. The lowest BCUT2D eigenvalue weighted by atomic mass is 10.2. The number of hydrogen-bond acceptors (Lipinski definition) is 6. The molecule has 0 saturated heterocycles. The number of carbonyl (C=O) groups excluding carboxylic acids is 1. The van der Waals surface area contributed by atoms with Gasteiger partial charge in [-0.05, 0) is 12.0 Å². The molecule has 0 aromatic carbocycles. The Morgan fingerprint density at radius 1 is 1.39 bits per heavy atom. The highest BCUT2D eigenvalue weighted by Gasteiger charge is 2.31. The highest BCUT2D eigenvalue weighted by molar-refractivity contribution is 8.00. The molecule has 2 heterocycles. The molecule has 28 heavy (non-hydrogen) atoms. The van der Waals surface area contributed by atoms with Crippen molar-refractivity contribution in [2.75, 3.05) is 11.5 Å². The van der Waals surface area contributed by atoms with Gasteiger partial charge >= 0.3 is 11.9 Å². The highest BCUT2D eigenvalue weighted by atomic mass is 35.5. The second-order valence-electron chi connectivity index (χ2n) is 6.24. The van der Waals surface area contributed by atoms with Gasteiger partial charge in [-0.15, -0.1) is 0 Å². The third-order valence-electron chi connectivity index (χ3n) is 3.54. The average molecular weight is 437 g/mol. The first-order valence-electron chi connectivity index (χ1n) is 7.93. The van der Waals surface area contributed by atoms with E-state index in [9.17, 15) is 27.6 Å². The second kappa shape index (κ2) is 8.39.